The molecule has 4 atom stereocenters. The first-order valence-corrected chi connectivity index (χ1v) is 14.5. The highest BCUT2D eigenvalue weighted by Gasteiger charge is 2.58. The number of hydrogen-bond donors (Lipinski definition) is 1. The average Bonchev–Trinajstić information content (AvgIpc) is 3.29. The molecule has 10 heteroatoms. The van der Waals surface area contributed by atoms with Crippen LogP contribution in [0.25, 0.3) is 0 Å². The Kier molecular flexibility index (Phi) is 7.55. The minimum absolute atomic E-state index is 0.0184. The lowest BCUT2D eigenvalue weighted by Gasteiger charge is -2.46. The van der Waals surface area contributed by atoms with Crippen molar-refractivity contribution in [2.75, 3.05) is 13.1 Å². The topological polar surface area (TPSA) is 106 Å². The van der Waals surface area contributed by atoms with E-state index < -0.39 is 35.4 Å². The second kappa shape index (κ2) is 10.7. The molecular weight excluding hydrogens is 513 g/mol. The van der Waals surface area contributed by atoms with Crippen molar-refractivity contribution in [2.45, 2.75) is 114 Å². The van der Waals surface area contributed by atoms with E-state index in [4.69, 9.17) is 4.74 Å². The Morgan fingerprint density at radius 2 is 1.88 bits per heavy atom. The van der Waals surface area contributed by atoms with Crippen LogP contribution in [0.5, 0.6) is 0 Å². The van der Waals surface area contributed by atoms with Gasteiger partial charge < -0.3 is 19.9 Å². The van der Waals surface area contributed by atoms with E-state index >= 15 is 0 Å². The van der Waals surface area contributed by atoms with Crippen molar-refractivity contribution in [3.05, 3.63) is 35.6 Å². The molecule has 1 N–H and O–H groups in total. The van der Waals surface area contributed by atoms with Crippen LogP contribution >= 0.6 is 0 Å². The molecule has 4 aliphatic rings. The Balaban J connectivity index is 1.36. The third-order valence-corrected chi connectivity index (χ3v) is 8.75. The molecule has 2 saturated heterocycles. The van der Waals surface area contributed by atoms with Crippen molar-refractivity contribution < 1.29 is 23.5 Å². The van der Waals surface area contributed by atoms with Gasteiger partial charge in [0.05, 0.1) is 17.6 Å². The van der Waals surface area contributed by atoms with Crippen molar-refractivity contribution in [2.24, 2.45) is 0 Å². The molecule has 0 aromatic heterocycles. The zero-order valence-electron chi connectivity index (χ0n) is 23.9. The predicted octanol–water partition coefficient (Wildman–Crippen LogP) is 3.68. The zero-order valence-corrected chi connectivity index (χ0v) is 23.9. The van der Waals surface area contributed by atoms with Gasteiger partial charge in [0.1, 0.15) is 23.5 Å². The maximum absolute atomic E-state index is 13.9. The lowest BCUT2D eigenvalue weighted by atomic mass is 9.85. The minimum atomic E-state index is -0.954. The van der Waals surface area contributed by atoms with Crippen LogP contribution in [0.3, 0.4) is 0 Å². The molecule has 216 valence electrons. The molecule has 5 rings (SSSR count). The van der Waals surface area contributed by atoms with Crippen molar-refractivity contribution >= 4 is 17.9 Å². The van der Waals surface area contributed by atoms with E-state index in [0.717, 1.165) is 44.1 Å². The fourth-order valence-electron chi connectivity index (χ4n) is 6.97. The average molecular weight is 554 g/mol. The Bertz CT molecular complexity index is 1180. The first-order chi connectivity index (χ1) is 18.9. The number of amides is 3. The quantitative estimate of drug-likeness (QED) is 0.527. The summed E-state index contributed by atoms with van der Waals surface area (Å²) in [7, 11) is 0. The minimum Gasteiger partial charge on any atom is -0.444 e. The van der Waals surface area contributed by atoms with E-state index in [1.54, 1.807) is 44.7 Å². The van der Waals surface area contributed by atoms with Crippen molar-refractivity contribution in [3.8, 4) is 6.07 Å². The van der Waals surface area contributed by atoms with Gasteiger partial charge in [0.15, 0.2) is 0 Å². The van der Waals surface area contributed by atoms with Gasteiger partial charge >= 0.3 is 6.09 Å². The Hall–Kier alpha value is -3.19. The number of carbonyl (C=O) groups excluding carboxylic acids is 3. The number of nitrogens with zero attached hydrogens (tertiary/aromatic N) is 4. The van der Waals surface area contributed by atoms with Gasteiger partial charge in [0, 0.05) is 25.2 Å². The standard InChI is InChI=1S/C30H40FN5O4/c1-19(16-32)35(22-11-12-22)26(37)24(33-28(39)40-29(2,3)4)18-34-17-23-15-25(34)27(38)36(23)30(13-5-6-14-30)20-7-9-21(31)10-8-20/h7-10,19,22-25H,5-6,11-15,17-18H2,1-4H3,(H,33,39)/t19?,23-,24?,25?/m0/s1. The first-order valence-electron chi connectivity index (χ1n) is 14.5. The number of piperazine rings is 1. The summed E-state index contributed by atoms with van der Waals surface area (Å²) >= 11 is 0. The summed E-state index contributed by atoms with van der Waals surface area (Å²) in [4.78, 5) is 46.1. The van der Waals surface area contributed by atoms with Crippen LogP contribution in [0.4, 0.5) is 9.18 Å². The normalized spacial score (nSPS) is 25.4. The largest absolute Gasteiger partial charge is 0.444 e. The number of fused-ring (bicyclic) bond motifs is 2. The monoisotopic (exact) mass is 553 g/mol. The fraction of sp³-hybridized carbons (Fsp3) is 0.667. The highest BCUT2D eigenvalue weighted by Crippen LogP contribution is 2.50. The van der Waals surface area contributed by atoms with E-state index in [1.807, 2.05) is 9.80 Å². The maximum Gasteiger partial charge on any atom is 0.408 e. The predicted molar refractivity (Wildman–Crippen MR) is 145 cm³/mol. The first kappa shape index (κ1) is 28.3. The number of alkyl carbamates (subject to hydrolysis) is 1. The van der Waals surface area contributed by atoms with E-state index in [2.05, 4.69) is 11.4 Å². The molecule has 2 aliphatic carbocycles. The Morgan fingerprint density at radius 3 is 2.42 bits per heavy atom. The molecule has 0 spiro atoms. The highest BCUT2D eigenvalue weighted by atomic mass is 19.1. The van der Waals surface area contributed by atoms with Gasteiger partial charge in [0.25, 0.3) is 0 Å². The van der Waals surface area contributed by atoms with Crippen LogP contribution in [0.15, 0.2) is 24.3 Å². The molecule has 2 heterocycles. The summed E-state index contributed by atoms with van der Waals surface area (Å²) in [6.45, 7) is 7.69. The van der Waals surface area contributed by atoms with Gasteiger partial charge in [-0.2, -0.15) is 5.26 Å². The molecule has 3 unspecified atom stereocenters. The van der Waals surface area contributed by atoms with Crippen LogP contribution < -0.4 is 5.32 Å². The smallest absolute Gasteiger partial charge is 0.408 e. The maximum atomic E-state index is 13.9. The van der Waals surface area contributed by atoms with Gasteiger partial charge in [-0.15, -0.1) is 0 Å². The third kappa shape index (κ3) is 5.40. The Labute approximate surface area is 235 Å². The molecule has 0 radical (unpaired) electrons. The lowest BCUT2D eigenvalue weighted by molar-refractivity contribution is -0.146. The van der Waals surface area contributed by atoms with Gasteiger partial charge in [-0.1, -0.05) is 25.0 Å². The molecule has 9 nitrogen and oxygen atoms in total. The summed E-state index contributed by atoms with van der Waals surface area (Å²) in [6.07, 6.45) is 5.29. The molecule has 1 aromatic rings. The summed E-state index contributed by atoms with van der Waals surface area (Å²) in [5.74, 6) is -0.597. The number of nitrogens with one attached hydrogen (secondary N) is 1. The summed E-state index contributed by atoms with van der Waals surface area (Å²) in [6, 6.07) is 6.67. The van der Waals surface area contributed by atoms with Crippen LogP contribution in [-0.4, -0.2) is 81.5 Å². The van der Waals surface area contributed by atoms with Crippen molar-refractivity contribution in [3.63, 3.8) is 0 Å². The molecule has 40 heavy (non-hydrogen) atoms. The summed E-state index contributed by atoms with van der Waals surface area (Å²) < 4.78 is 19.2. The van der Waals surface area contributed by atoms with Crippen molar-refractivity contribution in [1.29, 1.82) is 5.26 Å². The van der Waals surface area contributed by atoms with Gasteiger partial charge in [-0.05, 0) is 77.5 Å². The van der Waals surface area contributed by atoms with E-state index in [1.165, 1.54) is 12.1 Å². The summed E-state index contributed by atoms with van der Waals surface area (Å²) in [5, 5.41) is 12.3. The van der Waals surface area contributed by atoms with E-state index in [-0.39, 0.29) is 36.3 Å². The molecule has 3 amide bonds. The highest BCUT2D eigenvalue weighted by molar-refractivity contribution is 5.89. The summed E-state index contributed by atoms with van der Waals surface area (Å²) in [5.41, 5.74) is -0.206. The number of likely N-dealkylation sites (tertiary alicyclic amines) is 2. The zero-order chi connectivity index (χ0) is 28.8. The third-order valence-electron chi connectivity index (χ3n) is 8.75. The number of hydrogen-bond acceptors (Lipinski definition) is 6. The van der Waals surface area contributed by atoms with E-state index in [9.17, 15) is 24.0 Å². The van der Waals surface area contributed by atoms with Gasteiger partial charge in [-0.25, -0.2) is 9.18 Å². The lowest BCUT2D eigenvalue weighted by Crippen LogP contribution is -2.61. The number of rotatable bonds is 8. The van der Waals surface area contributed by atoms with Gasteiger partial charge in [-0.3, -0.25) is 14.5 Å². The number of nitriles is 1. The van der Waals surface area contributed by atoms with Crippen LogP contribution in [0.2, 0.25) is 0 Å². The SMILES string of the molecule is CC(C#N)N(C(=O)C(CN1C[C@@H]2CC1C(=O)N2C1(c2ccc(F)cc2)CCCC1)NC(=O)OC(C)(C)C)C1CC1. The number of benzene rings is 1. The molecule has 2 aliphatic heterocycles. The molecular formula is C30H40FN5O4. The molecule has 2 saturated carbocycles. The van der Waals surface area contributed by atoms with E-state index in [0.29, 0.717) is 13.0 Å². The molecule has 2 bridgehead atoms. The second-order valence-corrected chi connectivity index (χ2v) is 12.8. The van der Waals surface area contributed by atoms with Crippen LogP contribution in [-0.2, 0) is 19.9 Å². The fourth-order valence-corrected chi connectivity index (χ4v) is 6.97. The second-order valence-electron chi connectivity index (χ2n) is 12.8. The Morgan fingerprint density at radius 1 is 1.23 bits per heavy atom. The van der Waals surface area contributed by atoms with Crippen LogP contribution in [0.1, 0.15) is 78.2 Å². The van der Waals surface area contributed by atoms with Crippen molar-refractivity contribution in [1.82, 2.24) is 20.0 Å². The van der Waals surface area contributed by atoms with Gasteiger partial charge in [0.2, 0.25) is 11.8 Å². The molecule has 4 fully saturated rings. The number of ether oxygens (including phenoxy) is 1. The van der Waals surface area contributed by atoms with Crippen LogP contribution in [0, 0.1) is 17.1 Å². The molecule has 1 aromatic carbocycles. The number of carbonyl (C=O) groups is 3. The number of halogens is 1.